The van der Waals surface area contributed by atoms with Crippen LogP contribution in [0.2, 0.25) is 0 Å². The van der Waals surface area contributed by atoms with E-state index in [1.807, 2.05) is 17.9 Å². The van der Waals surface area contributed by atoms with Gasteiger partial charge in [-0.3, -0.25) is 4.79 Å². The maximum Gasteiger partial charge on any atom is 0.257 e. The average molecular weight is 301 g/mol. The molecule has 3 heterocycles. The molecule has 1 aliphatic carbocycles. The fraction of sp³-hybridized carbons (Fsp3) is 0.562. The number of carbonyl (C=O) groups excluding carboxylic acids is 1. The molecule has 0 N–H and O–H groups in total. The predicted octanol–water partition coefficient (Wildman–Crippen LogP) is 2.17. The maximum atomic E-state index is 12.9. The van der Waals surface area contributed by atoms with Gasteiger partial charge in [0.05, 0.1) is 23.3 Å². The minimum atomic E-state index is 0.0596. The van der Waals surface area contributed by atoms with Crippen molar-refractivity contribution >= 4 is 17.0 Å². The molecule has 0 bridgehead atoms. The zero-order valence-electron chi connectivity index (χ0n) is 12.6. The standard InChI is InChI=1S/C16H19N3O3/c1-10-14-6-12(7-17-15(14)22-18-10)16(20)19(13-2-3-13)8-11-4-5-21-9-11/h6-7,11,13H,2-5,8-9H2,1H3/t11-/m1/s1. The van der Waals surface area contributed by atoms with E-state index in [4.69, 9.17) is 9.26 Å². The number of amides is 1. The lowest BCUT2D eigenvalue weighted by molar-refractivity contribution is 0.0706. The Labute approximate surface area is 128 Å². The molecule has 22 heavy (non-hydrogen) atoms. The first-order chi connectivity index (χ1) is 10.7. The number of rotatable bonds is 4. The summed E-state index contributed by atoms with van der Waals surface area (Å²) in [5, 5.41) is 4.70. The van der Waals surface area contributed by atoms with Crippen LogP contribution < -0.4 is 0 Å². The van der Waals surface area contributed by atoms with Crippen molar-refractivity contribution in [3.05, 3.63) is 23.5 Å². The first-order valence-electron chi connectivity index (χ1n) is 7.83. The van der Waals surface area contributed by atoms with Gasteiger partial charge in [-0.2, -0.15) is 0 Å². The van der Waals surface area contributed by atoms with Crippen LogP contribution in [0.15, 0.2) is 16.8 Å². The van der Waals surface area contributed by atoms with Crippen LogP contribution in [0.5, 0.6) is 0 Å². The number of fused-ring (bicyclic) bond motifs is 1. The predicted molar refractivity (Wildman–Crippen MR) is 79.5 cm³/mol. The van der Waals surface area contributed by atoms with E-state index >= 15 is 0 Å². The summed E-state index contributed by atoms with van der Waals surface area (Å²) in [5.74, 6) is 0.517. The van der Waals surface area contributed by atoms with Gasteiger partial charge in [-0.05, 0) is 32.3 Å². The summed E-state index contributed by atoms with van der Waals surface area (Å²) in [6, 6.07) is 2.23. The van der Waals surface area contributed by atoms with Crippen molar-refractivity contribution in [1.82, 2.24) is 15.0 Å². The van der Waals surface area contributed by atoms with Crippen molar-refractivity contribution in [1.29, 1.82) is 0 Å². The van der Waals surface area contributed by atoms with E-state index in [-0.39, 0.29) is 5.91 Å². The molecule has 2 fully saturated rings. The van der Waals surface area contributed by atoms with E-state index in [9.17, 15) is 4.79 Å². The highest BCUT2D eigenvalue weighted by Crippen LogP contribution is 2.30. The van der Waals surface area contributed by atoms with Crippen LogP contribution in [0.1, 0.15) is 35.3 Å². The van der Waals surface area contributed by atoms with Crippen molar-refractivity contribution in [3.63, 3.8) is 0 Å². The van der Waals surface area contributed by atoms with Crippen LogP contribution in [0, 0.1) is 12.8 Å². The molecular weight excluding hydrogens is 282 g/mol. The Morgan fingerprint density at radius 3 is 3.00 bits per heavy atom. The van der Waals surface area contributed by atoms with E-state index in [0.29, 0.717) is 23.2 Å². The summed E-state index contributed by atoms with van der Waals surface area (Å²) in [6.45, 7) is 4.21. The number of hydrogen-bond acceptors (Lipinski definition) is 5. The summed E-state index contributed by atoms with van der Waals surface area (Å²) >= 11 is 0. The molecule has 1 aliphatic heterocycles. The van der Waals surface area contributed by atoms with Gasteiger partial charge in [0.15, 0.2) is 0 Å². The Bertz CT molecular complexity index is 702. The lowest BCUT2D eigenvalue weighted by Crippen LogP contribution is -2.37. The quantitative estimate of drug-likeness (QED) is 0.865. The lowest BCUT2D eigenvalue weighted by atomic mass is 10.1. The zero-order chi connectivity index (χ0) is 15.1. The van der Waals surface area contributed by atoms with Crippen molar-refractivity contribution in [2.45, 2.75) is 32.2 Å². The topological polar surface area (TPSA) is 68.5 Å². The van der Waals surface area contributed by atoms with Crippen LogP contribution in [0.25, 0.3) is 11.1 Å². The summed E-state index contributed by atoms with van der Waals surface area (Å²) < 4.78 is 10.5. The summed E-state index contributed by atoms with van der Waals surface area (Å²) in [4.78, 5) is 19.1. The maximum absolute atomic E-state index is 12.9. The Balaban J connectivity index is 1.59. The largest absolute Gasteiger partial charge is 0.381 e. The van der Waals surface area contributed by atoms with Gasteiger partial charge in [0, 0.05) is 31.3 Å². The van der Waals surface area contributed by atoms with Gasteiger partial charge >= 0.3 is 0 Å². The van der Waals surface area contributed by atoms with Gasteiger partial charge in [-0.15, -0.1) is 0 Å². The number of pyridine rings is 1. The number of ether oxygens (including phenoxy) is 1. The van der Waals surface area contributed by atoms with E-state index in [1.54, 1.807) is 6.20 Å². The normalized spacial score (nSPS) is 21.4. The van der Waals surface area contributed by atoms with Gasteiger partial charge in [0.2, 0.25) is 0 Å². The van der Waals surface area contributed by atoms with Crippen LogP contribution in [0.3, 0.4) is 0 Å². The Kier molecular flexibility index (Phi) is 3.33. The molecule has 116 valence electrons. The Morgan fingerprint density at radius 1 is 1.41 bits per heavy atom. The van der Waals surface area contributed by atoms with Crippen LogP contribution in [-0.2, 0) is 4.74 Å². The van der Waals surface area contributed by atoms with E-state index < -0.39 is 0 Å². The molecule has 0 aromatic carbocycles. The summed E-state index contributed by atoms with van der Waals surface area (Å²) in [7, 11) is 0. The van der Waals surface area contributed by atoms with Gasteiger partial charge in [-0.25, -0.2) is 4.98 Å². The minimum Gasteiger partial charge on any atom is -0.381 e. The van der Waals surface area contributed by atoms with Crippen molar-refractivity contribution in [2.24, 2.45) is 5.92 Å². The number of aromatic nitrogens is 2. The van der Waals surface area contributed by atoms with Crippen molar-refractivity contribution < 1.29 is 14.1 Å². The first-order valence-corrected chi connectivity index (χ1v) is 7.83. The molecule has 1 saturated carbocycles. The van der Waals surface area contributed by atoms with Crippen molar-refractivity contribution in [3.8, 4) is 0 Å². The molecule has 2 aromatic rings. The molecule has 1 saturated heterocycles. The van der Waals surface area contributed by atoms with Gasteiger partial charge in [0.25, 0.3) is 11.6 Å². The Hall–Kier alpha value is -1.95. The second kappa shape index (κ2) is 5.35. The molecule has 6 nitrogen and oxygen atoms in total. The van der Waals surface area contributed by atoms with Crippen LogP contribution in [-0.4, -0.2) is 46.7 Å². The van der Waals surface area contributed by atoms with Crippen molar-refractivity contribution in [2.75, 3.05) is 19.8 Å². The average Bonchev–Trinajstić information content (AvgIpc) is 3.12. The molecule has 1 amide bonds. The Morgan fingerprint density at radius 2 is 2.27 bits per heavy atom. The van der Waals surface area contributed by atoms with Gasteiger partial charge in [-0.1, -0.05) is 5.16 Å². The molecule has 2 aliphatic rings. The van der Waals surface area contributed by atoms with Gasteiger partial charge in [0.1, 0.15) is 0 Å². The third kappa shape index (κ3) is 2.47. The summed E-state index contributed by atoms with van der Waals surface area (Å²) in [5.41, 5.74) is 1.86. The van der Waals surface area contributed by atoms with E-state index in [2.05, 4.69) is 10.1 Å². The molecular formula is C16H19N3O3. The third-order valence-electron chi connectivity index (χ3n) is 4.48. The fourth-order valence-corrected chi connectivity index (χ4v) is 3.02. The molecule has 4 rings (SSSR count). The molecule has 6 heteroatoms. The van der Waals surface area contributed by atoms with E-state index in [0.717, 1.165) is 50.1 Å². The first kappa shape index (κ1) is 13.7. The molecule has 2 aromatic heterocycles. The van der Waals surface area contributed by atoms with Crippen LogP contribution >= 0.6 is 0 Å². The highest BCUT2D eigenvalue weighted by atomic mass is 16.5. The number of nitrogens with zero attached hydrogens (tertiary/aromatic N) is 3. The third-order valence-corrected chi connectivity index (χ3v) is 4.48. The van der Waals surface area contributed by atoms with E-state index in [1.165, 1.54) is 0 Å². The number of carbonyl (C=O) groups is 1. The fourth-order valence-electron chi connectivity index (χ4n) is 3.02. The molecule has 1 atom stereocenters. The molecule has 0 spiro atoms. The van der Waals surface area contributed by atoms with Crippen LogP contribution in [0.4, 0.5) is 0 Å². The SMILES string of the molecule is Cc1noc2ncc(C(=O)N(C[C@H]3CCOC3)C3CC3)cc12. The molecule has 0 unspecified atom stereocenters. The summed E-state index contributed by atoms with van der Waals surface area (Å²) in [6.07, 6.45) is 4.83. The number of hydrogen-bond donors (Lipinski definition) is 0. The highest BCUT2D eigenvalue weighted by Gasteiger charge is 2.35. The second-order valence-corrected chi connectivity index (χ2v) is 6.26. The number of aryl methyl sites for hydroxylation is 1. The highest BCUT2D eigenvalue weighted by molar-refractivity contribution is 5.97. The smallest absolute Gasteiger partial charge is 0.257 e. The molecule has 0 radical (unpaired) electrons. The minimum absolute atomic E-state index is 0.0596. The lowest BCUT2D eigenvalue weighted by Gasteiger charge is -2.25. The monoisotopic (exact) mass is 301 g/mol. The zero-order valence-corrected chi connectivity index (χ0v) is 12.6. The van der Waals surface area contributed by atoms with Gasteiger partial charge < -0.3 is 14.2 Å². The second-order valence-electron chi connectivity index (χ2n) is 6.26.